The molecule has 0 aromatic heterocycles. The number of halogens is 3. The molecule has 0 saturated carbocycles. The van der Waals surface area contributed by atoms with Crippen LogP contribution in [-0.4, -0.2) is 33.7 Å². The number of anilines is 1. The Labute approximate surface area is 139 Å². The van der Waals surface area contributed by atoms with E-state index in [-0.39, 0.29) is 5.69 Å². The molecule has 0 bridgehead atoms. The second-order valence-corrected chi connectivity index (χ2v) is 7.75. The Bertz CT molecular complexity index is 656. The van der Waals surface area contributed by atoms with Crippen molar-refractivity contribution in [2.24, 2.45) is 5.92 Å². The molecular weight excluding hydrogens is 345 g/mol. The predicted octanol–water partition coefficient (Wildman–Crippen LogP) is 2.63. The smallest absolute Gasteiger partial charge is 0.355 e. The highest BCUT2D eigenvalue weighted by Gasteiger charge is 2.30. The summed E-state index contributed by atoms with van der Waals surface area (Å²) in [6.45, 7) is 3.89. The van der Waals surface area contributed by atoms with E-state index in [9.17, 15) is 26.4 Å². The van der Waals surface area contributed by atoms with Gasteiger partial charge in [-0.25, -0.2) is 8.42 Å². The summed E-state index contributed by atoms with van der Waals surface area (Å²) < 4.78 is 62.2. The van der Waals surface area contributed by atoms with Crippen LogP contribution in [0, 0.1) is 5.92 Å². The van der Waals surface area contributed by atoms with Crippen molar-refractivity contribution in [1.82, 2.24) is 5.32 Å². The summed E-state index contributed by atoms with van der Waals surface area (Å²) in [6, 6.07) is 3.63. The van der Waals surface area contributed by atoms with Crippen LogP contribution in [0.4, 0.5) is 18.9 Å². The average molecular weight is 366 g/mol. The molecule has 0 aliphatic carbocycles. The standard InChI is InChI=1S/C15H21F3N2O3S/c1-11(2)8-9-19-14(21)10-20(24(3,22)23)13-6-4-12(5-7-13)15(16,17)18/h4-7,11H,8-10H2,1-3H3,(H,19,21). The van der Waals surface area contributed by atoms with Crippen LogP contribution in [0.1, 0.15) is 25.8 Å². The topological polar surface area (TPSA) is 66.5 Å². The van der Waals surface area contributed by atoms with Gasteiger partial charge >= 0.3 is 6.18 Å². The highest BCUT2D eigenvalue weighted by Crippen LogP contribution is 2.30. The lowest BCUT2D eigenvalue weighted by atomic mass is 10.1. The number of benzene rings is 1. The molecule has 136 valence electrons. The molecule has 0 aliphatic rings. The zero-order valence-corrected chi connectivity index (χ0v) is 14.5. The summed E-state index contributed by atoms with van der Waals surface area (Å²) >= 11 is 0. The zero-order chi connectivity index (χ0) is 18.5. The number of hydrogen-bond acceptors (Lipinski definition) is 3. The van der Waals surface area contributed by atoms with E-state index in [1.54, 1.807) is 0 Å². The van der Waals surface area contributed by atoms with Crippen molar-refractivity contribution in [1.29, 1.82) is 0 Å². The van der Waals surface area contributed by atoms with E-state index in [1.165, 1.54) is 0 Å². The van der Waals surface area contributed by atoms with Gasteiger partial charge in [0, 0.05) is 6.54 Å². The van der Waals surface area contributed by atoms with Gasteiger partial charge in [-0.3, -0.25) is 9.10 Å². The van der Waals surface area contributed by atoms with Gasteiger partial charge in [-0.2, -0.15) is 13.2 Å². The number of hydrogen-bond donors (Lipinski definition) is 1. The van der Waals surface area contributed by atoms with Crippen LogP contribution >= 0.6 is 0 Å². The maximum Gasteiger partial charge on any atom is 0.416 e. The molecule has 0 radical (unpaired) electrons. The molecule has 0 saturated heterocycles. The first-order valence-electron chi connectivity index (χ1n) is 7.33. The van der Waals surface area contributed by atoms with Gasteiger partial charge in [0.2, 0.25) is 15.9 Å². The molecule has 0 spiro atoms. The van der Waals surface area contributed by atoms with Crippen LogP contribution in [0.15, 0.2) is 24.3 Å². The van der Waals surface area contributed by atoms with E-state index < -0.39 is 34.2 Å². The van der Waals surface area contributed by atoms with Crippen molar-refractivity contribution < 1.29 is 26.4 Å². The van der Waals surface area contributed by atoms with Crippen LogP contribution in [0.2, 0.25) is 0 Å². The maximum atomic E-state index is 12.6. The minimum atomic E-state index is -4.51. The molecule has 1 aromatic rings. The molecule has 0 unspecified atom stereocenters. The fraction of sp³-hybridized carbons (Fsp3) is 0.533. The Morgan fingerprint density at radius 3 is 2.17 bits per heavy atom. The Morgan fingerprint density at radius 1 is 1.21 bits per heavy atom. The molecule has 1 aromatic carbocycles. The molecule has 0 fully saturated rings. The van der Waals surface area contributed by atoms with Crippen LogP contribution < -0.4 is 9.62 Å². The quantitative estimate of drug-likeness (QED) is 0.807. The first kappa shape index (κ1) is 20.3. The molecule has 0 atom stereocenters. The number of carbonyl (C=O) groups is 1. The zero-order valence-electron chi connectivity index (χ0n) is 13.7. The predicted molar refractivity (Wildman–Crippen MR) is 86.1 cm³/mol. The van der Waals surface area contributed by atoms with Gasteiger partial charge in [-0.15, -0.1) is 0 Å². The van der Waals surface area contributed by atoms with E-state index in [0.29, 0.717) is 12.5 Å². The number of nitrogens with one attached hydrogen (secondary N) is 1. The highest BCUT2D eigenvalue weighted by atomic mass is 32.2. The van der Waals surface area contributed by atoms with Gasteiger partial charge in [0.25, 0.3) is 0 Å². The lowest BCUT2D eigenvalue weighted by Crippen LogP contribution is -2.40. The number of amides is 1. The number of sulfonamides is 1. The fourth-order valence-electron chi connectivity index (χ4n) is 1.90. The Kier molecular flexibility index (Phi) is 6.65. The molecule has 0 aliphatic heterocycles. The van der Waals surface area contributed by atoms with Crippen molar-refractivity contribution in [3.8, 4) is 0 Å². The number of alkyl halides is 3. The highest BCUT2D eigenvalue weighted by molar-refractivity contribution is 7.92. The normalized spacial score (nSPS) is 12.3. The summed E-state index contributed by atoms with van der Waals surface area (Å²) in [5.74, 6) is -0.132. The molecule has 1 N–H and O–H groups in total. The lowest BCUT2D eigenvalue weighted by molar-refractivity contribution is -0.137. The van der Waals surface area contributed by atoms with E-state index in [4.69, 9.17) is 0 Å². The van der Waals surface area contributed by atoms with Crippen LogP contribution in [0.25, 0.3) is 0 Å². The molecule has 24 heavy (non-hydrogen) atoms. The molecule has 1 rings (SSSR count). The fourth-order valence-corrected chi connectivity index (χ4v) is 2.76. The van der Waals surface area contributed by atoms with Crippen molar-refractivity contribution in [2.75, 3.05) is 23.7 Å². The third-order valence-corrected chi connectivity index (χ3v) is 4.35. The molecule has 1 amide bonds. The van der Waals surface area contributed by atoms with Crippen molar-refractivity contribution in [3.05, 3.63) is 29.8 Å². The van der Waals surface area contributed by atoms with Crippen molar-refractivity contribution in [3.63, 3.8) is 0 Å². The Morgan fingerprint density at radius 2 is 1.75 bits per heavy atom. The van der Waals surface area contributed by atoms with Gasteiger partial charge in [0.1, 0.15) is 6.54 Å². The van der Waals surface area contributed by atoms with E-state index in [1.807, 2.05) is 13.8 Å². The minimum Gasteiger partial charge on any atom is -0.355 e. The van der Waals surface area contributed by atoms with Gasteiger partial charge in [0.15, 0.2) is 0 Å². The summed E-state index contributed by atoms with van der Waals surface area (Å²) in [5, 5.41) is 2.60. The largest absolute Gasteiger partial charge is 0.416 e. The van der Waals surface area contributed by atoms with Gasteiger partial charge in [-0.1, -0.05) is 13.8 Å². The SMILES string of the molecule is CC(C)CCNC(=O)CN(c1ccc(C(F)(F)F)cc1)S(C)(=O)=O. The summed E-state index contributed by atoms with van der Waals surface area (Å²) in [5.41, 5.74) is -0.884. The van der Waals surface area contributed by atoms with Gasteiger partial charge < -0.3 is 5.32 Å². The molecule has 5 nitrogen and oxygen atoms in total. The third kappa shape index (κ3) is 6.38. The third-order valence-electron chi connectivity index (χ3n) is 3.21. The van der Waals surface area contributed by atoms with Crippen LogP contribution in [0.3, 0.4) is 0 Å². The van der Waals surface area contributed by atoms with E-state index in [2.05, 4.69) is 5.32 Å². The monoisotopic (exact) mass is 366 g/mol. The number of rotatable bonds is 7. The molecule has 0 heterocycles. The van der Waals surface area contributed by atoms with Crippen LogP contribution in [0.5, 0.6) is 0 Å². The Balaban J connectivity index is 2.89. The van der Waals surface area contributed by atoms with Gasteiger partial charge in [0.05, 0.1) is 17.5 Å². The number of carbonyl (C=O) groups excluding carboxylic acids is 1. The van der Waals surface area contributed by atoms with Crippen molar-refractivity contribution in [2.45, 2.75) is 26.4 Å². The second-order valence-electron chi connectivity index (χ2n) is 5.85. The average Bonchev–Trinajstić information content (AvgIpc) is 2.42. The molecule has 9 heteroatoms. The first-order valence-corrected chi connectivity index (χ1v) is 9.17. The van der Waals surface area contributed by atoms with Gasteiger partial charge in [-0.05, 0) is 36.6 Å². The first-order chi connectivity index (χ1) is 10.9. The summed E-state index contributed by atoms with van der Waals surface area (Å²) in [6.07, 6.45) is -2.88. The van der Waals surface area contributed by atoms with E-state index >= 15 is 0 Å². The van der Waals surface area contributed by atoms with E-state index in [0.717, 1.165) is 41.2 Å². The number of nitrogens with zero attached hydrogens (tertiary/aromatic N) is 1. The minimum absolute atomic E-state index is 0.00418. The maximum absolute atomic E-state index is 12.6. The second kappa shape index (κ2) is 7.87. The lowest BCUT2D eigenvalue weighted by Gasteiger charge is -2.22. The van der Waals surface area contributed by atoms with Crippen molar-refractivity contribution >= 4 is 21.6 Å². The molecular formula is C15H21F3N2O3S. The Hall–Kier alpha value is -1.77. The summed E-state index contributed by atoms with van der Waals surface area (Å²) in [4.78, 5) is 11.9. The summed E-state index contributed by atoms with van der Waals surface area (Å²) in [7, 11) is -3.81. The van der Waals surface area contributed by atoms with Crippen LogP contribution in [-0.2, 0) is 21.0 Å².